The number of hydrogen-bond acceptors (Lipinski definition) is 3. The van der Waals surface area contributed by atoms with Crippen LogP contribution in [-0.4, -0.2) is 18.2 Å². The molecule has 0 fully saturated rings. The molecule has 2 aromatic carbocycles. The number of anilines is 1. The van der Waals surface area contributed by atoms with Crippen LogP contribution in [0.3, 0.4) is 0 Å². The van der Waals surface area contributed by atoms with Crippen molar-refractivity contribution in [1.82, 2.24) is 5.32 Å². The van der Waals surface area contributed by atoms with Gasteiger partial charge in [0.15, 0.2) is 5.11 Å². The monoisotopic (exact) mass is 328 g/mol. The Morgan fingerprint density at radius 3 is 2.52 bits per heavy atom. The Balaban J connectivity index is 1.99. The van der Waals surface area contributed by atoms with Crippen LogP contribution in [0.25, 0.3) is 0 Å². The van der Waals surface area contributed by atoms with Crippen LogP contribution < -0.4 is 10.6 Å². The molecule has 0 bridgehead atoms. The fraction of sp³-hybridized carbons (Fsp3) is 0.222. The largest absolute Gasteiger partial charge is 0.465 e. The molecule has 0 amide bonds. The van der Waals surface area contributed by atoms with Gasteiger partial charge in [-0.2, -0.15) is 0 Å². The predicted molar refractivity (Wildman–Crippen MR) is 96.7 cm³/mol. The van der Waals surface area contributed by atoms with Crippen molar-refractivity contribution in [3.05, 3.63) is 65.2 Å². The number of esters is 1. The van der Waals surface area contributed by atoms with E-state index in [0.29, 0.717) is 10.7 Å². The standard InChI is InChI=1S/C18H20N2O2S/c1-12-7-9-14(10-8-12)13(2)19-18(23)20-16-6-4-5-15(11-16)17(21)22-3/h4-11,13H,1-3H3,(H2,19,20,23)/t13-/m1/s1. The van der Waals surface area contributed by atoms with Crippen LogP contribution in [-0.2, 0) is 4.74 Å². The van der Waals surface area contributed by atoms with E-state index in [1.807, 2.05) is 13.0 Å². The summed E-state index contributed by atoms with van der Waals surface area (Å²) in [5.41, 5.74) is 3.60. The van der Waals surface area contributed by atoms with Gasteiger partial charge in [0.25, 0.3) is 0 Å². The van der Waals surface area contributed by atoms with Crippen LogP contribution in [0.15, 0.2) is 48.5 Å². The molecule has 0 aliphatic rings. The highest BCUT2D eigenvalue weighted by Gasteiger charge is 2.09. The van der Waals surface area contributed by atoms with E-state index in [9.17, 15) is 4.79 Å². The number of methoxy groups -OCH3 is 1. The topological polar surface area (TPSA) is 50.4 Å². The van der Waals surface area contributed by atoms with Crippen LogP contribution in [0.1, 0.15) is 34.5 Å². The van der Waals surface area contributed by atoms with Gasteiger partial charge < -0.3 is 15.4 Å². The first kappa shape index (κ1) is 17.0. The first-order chi connectivity index (χ1) is 11.0. The Hall–Kier alpha value is -2.40. The van der Waals surface area contributed by atoms with Gasteiger partial charge in [-0.1, -0.05) is 35.9 Å². The summed E-state index contributed by atoms with van der Waals surface area (Å²) in [6.07, 6.45) is 0. The highest BCUT2D eigenvalue weighted by molar-refractivity contribution is 7.80. The predicted octanol–water partition coefficient (Wildman–Crippen LogP) is 3.83. The Morgan fingerprint density at radius 2 is 1.87 bits per heavy atom. The maximum atomic E-state index is 11.5. The number of nitrogens with one attached hydrogen (secondary N) is 2. The van der Waals surface area contributed by atoms with Gasteiger partial charge in [-0.15, -0.1) is 0 Å². The number of rotatable bonds is 4. The third-order valence-electron chi connectivity index (χ3n) is 3.47. The van der Waals surface area contributed by atoms with Gasteiger partial charge in [0.1, 0.15) is 0 Å². The molecule has 2 N–H and O–H groups in total. The molecule has 0 aliphatic heterocycles. The fourth-order valence-corrected chi connectivity index (χ4v) is 2.44. The first-order valence-corrected chi connectivity index (χ1v) is 7.73. The average Bonchev–Trinajstić information content (AvgIpc) is 2.54. The summed E-state index contributed by atoms with van der Waals surface area (Å²) in [5, 5.41) is 6.82. The molecule has 0 aromatic heterocycles. The summed E-state index contributed by atoms with van der Waals surface area (Å²) in [6, 6.07) is 15.4. The smallest absolute Gasteiger partial charge is 0.337 e. The van der Waals surface area contributed by atoms with Crippen LogP contribution in [0, 0.1) is 6.92 Å². The molecule has 0 saturated carbocycles. The zero-order valence-electron chi connectivity index (χ0n) is 13.4. The molecule has 0 unspecified atom stereocenters. The van der Waals surface area contributed by atoms with Gasteiger partial charge in [0.05, 0.1) is 18.7 Å². The zero-order valence-corrected chi connectivity index (χ0v) is 14.2. The van der Waals surface area contributed by atoms with Crippen molar-refractivity contribution in [1.29, 1.82) is 0 Å². The molecule has 0 spiro atoms. The van der Waals surface area contributed by atoms with Crippen molar-refractivity contribution in [3.63, 3.8) is 0 Å². The quantitative estimate of drug-likeness (QED) is 0.660. The number of benzene rings is 2. The minimum Gasteiger partial charge on any atom is -0.465 e. The van der Waals surface area contributed by atoms with Crippen LogP contribution in [0.4, 0.5) is 5.69 Å². The summed E-state index contributed by atoms with van der Waals surface area (Å²) >= 11 is 5.34. The van der Waals surface area contributed by atoms with Crippen molar-refractivity contribution in [2.75, 3.05) is 12.4 Å². The van der Waals surface area contributed by atoms with Gasteiger partial charge >= 0.3 is 5.97 Å². The maximum absolute atomic E-state index is 11.5. The third kappa shape index (κ3) is 4.79. The normalized spacial score (nSPS) is 11.4. The van der Waals surface area contributed by atoms with Gasteiger partial charge in [-0.25, -0.2) is 4.79 Å². The molecule has 23 heavy (non-hydrogen) atoms. The lowest BCUT2D eigenvalue weighted by Gasteiger charge is -2.18. The Labute approximate surface area is 141 Å². The molecular formula is C18H20N2O2S. The molecular weight excluding hydrogens is 308 g/mol. The van der Waals surface area contributed by atoms with Gasteiger partial charge in [-0.3, -0.25) is 0 Å². The second kappa shape index (κ2) is 7.74. The van der Waals surface area contributed by atoms with E-state index in [-0.39, 0.29) is 12.0 Å². The van der Waals surface area contributed by atoms with E-state index >= 15 is 0 Å². The van der Waals surface area contributed by atoms with Crippen LogP contribution >= 0.6 is 12.2 Å². The molecule has 0 saturated heterocycles. The van der Waals surface area contributed by atoms with Crippen LogP contribution in [0.2, 0.25) is 0 Å². The van der Waals surface area contributed by atoms with E-state index in [4.69, 9.17) is 17.0 Å². The lowest BCUT2D eigenvalue weighted by atomic mass is 10.1. The molecule has 4 nitrogen and oxygen atoms in total. The van der Waals surface area contributed by atoms with Crippen LogP contribution in [0.5, 0.6) is 0 Å². The molecule has 2 rings (SSSR count). The Morgan fingerprint density at radius 1 is 1.17 bits per heavy atom. The lowest BCUT2D eigenvalue weighted by Crippen LogP contribution is -2.30. The lowest BCUT2D eigenvalue weighted by molar-refractivity contribution is 0.0601. The number of hydrogen-bond donors (Lipinski definition) is 2. The number of carbonyl (C=O) groups is 1. The Kier molecular flexibility index (Phi) is 5.71. The van der Waals surface area contributed by atoms with E-state index < -0.39 is 0 Å². The molecule has 0 radical (unpaired) electrons. The minimum absolute atomic E-state index is 0.0828. The summed E-state index contributed by atoms with van der Waals surface area (Å²) in [4.78, 5) is 11.5. The van der Waals surface area contributed by atoms with Gasteiger partial charge in [0, 0.05) is 5.69 Å². The van der Waals surface area contributed by atoms with E-state index in [0.717, 1.165) is 11.3 Å². The first-order valence-electron chi connectivity index (χ1n) is 7.32. The summed E-state index contributed by atoms with van der Waals surface area (Å²) in [6.45, 7) is 4.10. The second-order valence-corrected chi connectivity index (χ2v) is 5.71. The minimum atomic E-state index is -0.374. The number of aryl methyl sites for hydroxylation is 1. The number of carbonyl (C=O) groups excluding carboxylic acids is 1. The van der Waals surface area contributed by atoms with Gasteiger partial charge in [0.2, 0.25) is 0 Å². The van der Waals surface area contributed by atoms with E-state index in [1.54, 1.807) is 18.2 Å². The molecule has 0 heterocycles. The summed E-state index contributed by atoms with van der Waals surface area (Å²) < 4.78 is 4.71. The van der Waals surface area contributed by atoms with E-state index in [2.05, 4.69) is 41.8 Å². The van der Waals surface area contributed by atoms with Crippen molar-refractivity contribution in [2.24, 2.45) is 0 Å². The Bertz CT molecular complexity index is 698. The second-order valence-electron chi connectivity index (χ2n) is 5.30. The van der Waals surface area contributed by atoms with Crippen molar-refractivity contribution < 1.29 is 9.53 Å². The third-order valence-corrected chi connectivity index (χ3v) is 3.69. The summed E-state index contributed by atoms with van der Waals surface area (Å²) in [5.74, 6) is -0.374. The molecule has 1 atom stereocenters. The molecule has 5 heteroatoms. The molecule has 2 aromatic rings. The van der Waals surface area contributed by atoms with Crippen molar-refractivity contribution in [2.45, 2.75) is 19.9 Å². The zero-order chi connectivity index (χ0) is 16.8. The number of thiocarbonyl (C=S) groups is 1. The van der Waals surface area contributed by atoms with Crippen molar-refractivity contribution in [3.8, 4) is 0 Å². The van der Waals surface area contributed by atoms with Gasteiger partial charge in [-0.05, 0) is 49.8 Å². The SMILES string of the molecule is COC(=O)c1cccc(NC(=S)N[C@H](C)c2ccc(C)cc2)c1. The highest BCUT2D eigenvalue weighted by Crippen LogP contribution is 2.15. The molecule has 120 valence electrons. The summed E-state index contributed by atoms with van der Waals surface area (Å²) in [7, 11) is 1.36. The highest BCUT2D eigenvalue weighted by atomic mass is 32.1. The van der Waals surface area contributed by atoms with Crippen molar-refractivity contribution >= 4 is 29.0 Å². The average molecular weight is 328 g/mol. The fourth-order valence-electron chi connectivity index (χ4n) is 2.14. The number of ether oxygens (including phenoxy) is 1. The van der Waals surface area contributed by atoms with E-state index in [1.165, 1.54) is 12.7 Å². The maximum Gasteiger partial charge on any atom is 0.337 e. The molecule has 0 aliphatic carbocycles.